The third-order valence-electron chi connectivity index (χ3n) is 7.10. The second-order valence-electron chi connectivity index (χ2n) is 11.4. The van der Waals surface area contributed by atoms with Crippen LogP contribution in [-0.4, -0.2) is 61.2 Å². The molecule has 1 aliphatic rings. The van der Waals surface area contributed by atoms with Crippen LogP contribution in [0.25, 0.3) is 0 Å². The lowest BCUT2D eigenvalue weighted by Gasteiger charge is -2.28. The minimum absolute atomic E-state index is 0.0678. The molecule has 3 rings (SSSR count). The lowest BCUT2D eigenvalue weighted by atomic mass is 9.96. The van der Waals surface area contributed by atoms with E-state index in [2.05, 4.69) is 10.6 Å². The normalized spacial score (nSPS) is 15.8. The Labute approximate surface area is 248 Å². The zero-order valence-electron chi connectivity index (χ0n) is 25.2. The van der Waals surface area contributed by atoms with E-state index in [0.717, 1.165) is 10.5 Å². The topological polar surface area (TPSA) is 131 Å². The fourth-order valence-corrected chi connectivity index (χ4v) is 7.08. The molecule has 0 fully saturated rings. The maximum absolute atomic E-state index is 14.1. The Morgan fingerprint density at radius 1 is 0.905 bits per heavy atom. The molecule has 0 spiro atoms. The summed E-state index contributed by atoms with van der Waals surface area (Å²) >= 11 is 0. The maximum Gasteiger partial charge on any atom is 0.265 e. The first-order valence-corrected chi connectivity index (χ1v) is 16.2. The van der Waals surface area contributed by atoms with Crippen molar-refractivity contribution < 1.29 is 33.0 Å². The molecular formula is C31H42N3O7P. The van der Waals surface area contributed by atoms with E-state index in [9.17, 15) is 23.7 Å². The number of likely N-dealkylation sites (N-methyl/N-ethyl adjacent to an activating group) is 1. The number of carbonyl (C=O) groups is 4. The van der Waals surface area contributed by atoms with Crippen LogP contribution in [0, 0.1) is 17.8 Å². The van der Waals surface area contributed by atoms with Crippen LogP contribution in [-0.2, 0) is 25.3 Å². The van der Waals surface area contributed by atoms with Gasteiger partial charge < -0.3 is 19.9 Å². The number of nitrogens with zero attached hydrogens (tertiary/aromatic N) is 1. The van der Waals surface area contributed by atoms with Crippen molar-refractivity contribution in [3.8, 4) is 5.75 Å². The van der Waals surface area contributed by atoms with E-state index in [-0.39, 0.29) is 47.4 Å². The summed E-state index contributed by atoms with van der Waals surface area (Å²) in [6.07, 6.45) is 0.132. The third kappa shape index (κ3) is 8.29. The first-order valence-electron chi connectivity index (χ1n) is 14.2. The summed E-state index contributed by atoms with van der Waals surface area (Å²) < 4.78 is 25.4. The number of amides is 4. The molecule has 1 heterocycles. The van der Waals surface area contributed by atoms with Crippen molar-refractivity contribution in [2.24, 2.45) is 17.8 Å². The van der Waals surface area contributed by atoms with E-state index in [0.29, 0.717) is 12.8 Å². The lowest BCUT2D eigenvalue weighted by molar-refractivity contribution is -0.131. The molecule has 2 unspecified atom stereocenters. The predicted octanol–water partition coefficient (Wildman–Crippen LogP) is 4.68. The minimum atomic E-state index is -3.72. The molecular weight excluding hydrogens is 557 g/mol. The molecule has 11 heteroatoms. The molecule has 4 amide bonds. The van der Waals surface area contributed by atoms with Gasteiger partial charge in [0.15, 0.2) is 0 Å². The summed E-state index contributed by atoms with van der Waals surface area (Å²) in [6, 6.07) is 13.5. The number of hydrogen-bond acceptors (Lipinski definition) is 7. The van der Waals surface area contributed by atoms with Crippen LogP contribution in [0.15, 0.2) is 48.5 Å². The second-order valence-corrected chi connectivity index (χ2v) is 14.1. The van der Waals surface area contributed by atoms with Gasteiger partial charge in [-0.2, -0.15) is 0 Å². The largest absolute Gasteiger partial charge is 0.488 e. The molecule has 0 saturated carbocycles. The monoisotopic (exact) mass is 599 g/mol. The van der Waals surface area contributed by atoms with Crippen LogP contribution < -0.4 is 15.4 Å². The zero-order chi connectivity index (χ0) is 31.0. The average Bonchev–Trinajstić information content (AvgIpc) is 3.19. The van der Waals surface area contributed by atoms with Gasteiger partial charge in [-0.25, -0.2) is 0 Å². The first-order chi connectivity index (χ1) is 19.9. The standard InChI is InChI=1S/C31H42N3O7P/c1-20(2)15-23(28(35)33-25(16-21(3)4)29(36)32-5)18-42(39,40-6)19-34-30(37)24-13-10-14-26(27(24)31(34)38)41-17-22-11-8-7-9-12-22/h7-14,20-21,23,25H,15-19H2,1-6H3,(H,32,36)(H,33,35)/t23?,25-,42?/m0/s1. The molecule has 0 bridgehead atoms. The molecule has 0 aliphatic carbocycles. The Morgan fingerprint density at radius 2 is 1.57 bits per heavy atom. The molecule has 2 aromatic carbocycles. The fourth-order valence-electron chi connectivity index (χ4n) is 5.03. The molecule has 0 radical (unpaired) electrons. The molecule has 228 valence electrons. The van der Waals surface area contributed by atoms with E-state index >= 15 is 0 Å². The zero-order valence-corrected chi connectivity index (χ0v) is 26.1. The molecule has 10 nitrogen and oxygen atoms in total. The average molecular weight is 600 g/mol. The summed E-state index contributed by atoms with van der Waals surface area (Å²) in [4.78, 5) is 53.6. The number of nitrogens with one attached hydrogen (secondary N) is 2. The van der Waals surface area contributed by atoms with Gasteiger partial charge in [0.25, 0.3) is 11.8 Å². The van der Waals surface area contributed by atoms with Gasteiger partial charge in [0.1, 0.15) is 24.7 Å². The van der Waals surface area contributed by atoms with Gasteiger partial charge in [0.2, 0.25) is 19.2 Å². The number of rotatable bonds is 15. The van der Waals surface area contributed by atoms with E-state index in [1.54, 1.807) is 12.1 Å². The van der Waals surface area contributed by atoms with Crippen LogP contribution in [0.3, 0.4) is 0 Å². The summed E-state index contributed by atoms with van der Waals surface area (Å²) in [6.45, 7) is 7.97. The fraction of sp³-hybridized carbons (Fsp3) is 0.484. The van der Waals surface area contributed by atoms with Crippen molar-refractivity contribution in [3.05, 3.63) is 65.2 Å². The van der Waals surface area contributed by atoms with Crippen LogP contribution in [0.4, 0.5) is 0 Å². The summed E-state index contributed by atoms with van der Waals surface area (Å²) in [5.41, 5.74) is 1.17. The van der Waals surface area contributed by atoms with Gasteiger partial charge in [-0.15, -0.1) is 0 Å². The highest BCUT2D eigenvalue weighted by atomic mass is 31.2. The number of benzene rings is 2. The van der Waals surface area contributed by atoms with Gasteiger partial charge >= 0.3 is 0 Å². The quantitative estimate of drug-likeness (QED) is 0.224. The van der Waals surface area contributed by atoms with Crippen molar-refractivity contribution in [3.63, 3.8) is 0 Å². The Balaban J connectivity index is 1.80. The predicted molar refractivity (Wildman–Crippen MR) is 160 cm³/mol. The smallest absolute Gasteiger partial charge is 0.265 e. The molecule has 0 saturated heterocycles. The highest BCUT2D eigenvalue weighted by Crippen LogP contribution is 2.50. The SMILES string of the molecule is CNC(=O)[C@H](CC(C)C)NC(=O)C(CC(C)C)CP(=O)(CN1C(=O)c2cccc(OCc3ccccc3)c2C1=O)OC. The van der Waals surface area contributed by atoms with Crippen LogP contribution >= 0.6 is 7.37 Å². The number of hydrogen-bond donors (Lipinski definition) is 2. The van der Waals surface area contributed by atoms with Gasteiger partial charge in [0, 0.05) is 26.2 Å². The number of ether oxygens (including phenoxy) is 1. The minimum Gasteiger partial charge on any atom is -0.488 e. The Kier molecular flexibility index (Phi) is 11.5. The van der Waals surface area contributed by atoms with E-state index in [1.807, 2.05) is 58.0 Å². The summed E-state index contributed by atoms with van der Waals surface area (Å²) in [5, 5.41) is 5.40. The molecule has 3 atom stereocenters. The van der Waals surface area contributed by atoms with Gasteiger partial charge in [0.05, 0.1) is 11.1 Å². The van der Waals surface area contributed by atoms with Crippen molar-refractivity contribution >= 4 is 31.0 Å². The highest BCUT2D eigenvalue weighted by Gasteiger charge is 2.43. The van der Waals surface area contributed by atoms with Crippen molar-refractivity contribution in [2.75, 3.05) is 26.6 Å². The van der Waals surface area contributed by atoms with E-state index in [4.69, 9.17) is 9.26 Å². The Hall–Kier alpha value is -3.49. The molecule has 2 aromatic rings. The molecule has 1 aliphatic heterocycles. The number of imide groups is 1. The van der Waals surface area contributed by atoms with E-state index < -0.39 is 43.3 Å². The molecule has 2 N–H and O–H groups in total. The van der Waals surface area contributed by atoms with Crippen molar-refractivity contribution in [1.29, 1.82) is 0 Å². The Bertz CT molecular complexity index is 1330. The van der Waals surface area contributed by atoms with Gasteiger partial charge in [-0.3, -0.25) is 28.6 Å². The van der Waals surface area contributed by atoms with Crippen LogP contribution in [0.5, 0.6) is 5.75 Å². The number of carbonyl (C=O) groups excluding carboxylic acids is 4. The number of fused-ring (bicyclic) bond motifs is 1. The first kappa shape index (κ1) is 33.0. The Morgan fingerprint density at radius 3 is 2.17 bits per heavy atom. The second kappa shape index (κ2) is 14.6. The molecule has 0 aromatic heterocycles. The summed E-state index contributed by atoms with van der Waals surface area (Å²) in [7, 11) is -0.956. The van der Waals surface area contributed by atoms with Crippen molar-refractivity contribution in [1.82, 2.24) is 15.5 Å². The van der Waals surface area contributed by atoms with Crippen LogP contribution in [0.2, 0.25) is 0 Å². The van der Waals surface area contributed by atoms with Gasteiger partial charge in [-0.1, -0.05) is 64.1 Å². The van der Waals surface area contributed by atoms with E-state index in [1.165, 1.54) is 20.2 Å². The van der Waals surface area contributed by atoms with Crippen molar-refractivity contribution in [2.45, 2.75) is 53.2 Å². The maximum atomic E-state index is 14.1. The van der Waals surface area contributed by atoms with Crippen LogP contribution in [0.1, 0.15) is 66.8 Å². The summed E-state index contributed by atoms with van der Waals surface area (Å²) in [5.74, 6) is -2.26. The third-order valence-corrected chi connectivity index (χ3v) is 9.48. The lowest BCUT2D eigenvalue weighted by Crippen LogP contribution is -2.49. The van der Waals surface area contributed by atoms with Gasteiger partial charge in [-0.05, 0) is 42.4 Å². The molecule has 42 heavy (non-hydrogen) atoms. The highest BCUT2D eigenvalue weighted by molar-refractivity contribution is 7.59.